The molecular formula is C12H20N4O3S. The summed E-state index contributed by atoms with van der Waals surface area (Å²) in [5, 5.41) is 0. The van der Waals surface area contributed by atoms with Crippen LogP contribution in [0.25, 0.3) is 0 Å². The summed E-state index contributed by atoms with van der Waals surface area (Å²) in [5.74, 6) is -0.326. The largest absolute Gasteiger partial charge is 0.364 e. The van der Waals surface area contributed by atoms with Gasteiger partial charge in [-0.05, 0) is 24.8 Å². The Morgan fingerprint density at radius 2 is 2.15 bits per heavy atom. The van der Waals surface area contributed by atoms with Crippen molar-refractivity contribution in [1.29, 1.82) is 0 Å². The predicted octanol–water partition coefficient (Wildman–Crippen LogP) is -0.518. The molecule has 20 heavy (non-hydrogen) atoms. The molecule has 1 unspecified atom stereocenters. The van der Waals surface area contributed by atoms with Crippen LogP contribution in [0, 0.1) is 5.92 Å². The molecule has 1 aliphatic rings. The van der Waals surface area contributed by atoms with Gasteiger partial charge < -0.3 is 16.0 Å². The number of rotatable bonds is 6. The quantitative estimate of drug-likeness (QED) is 0.736. The fraction of sp³-hybridized carbons (Fsp3) is 0.583. The third-order valence-electron chi connectivity index (χ3n) is 3.78. The molecule has 1 heterocycles. The highest BCUT2D eigenvalue weighted by Gasteiger charge is 2.38. The Morgan fingerprint density at radius 3 is 2.55 bits per heavy atom. The summed E-state index contributed by atoms with van der Waals surface area (Å²) >= 11 is 0. The Morgan fingerprint density at radius 1 is 1.55 bits per heavy atom. The molecule has 1 aliphatic carbocycles. The van der Waals surface area contributed by atoms with E-state index in [1.165, 1.54) is 28.2 Å². The highest BCUT2D eigenvalue weighted by atomic mass is 32.2. The number of nitrogens with two attached hydrogens (primary N) is 2. The van der Waals surface area contributed by atoms with E-state index in [2.05, 4.69) is 0 Å². The summed E-state index contributed by atoms with van der Waals surface area (Å²) in [7, 11) is -0.552. The van der Waals surface area contributed by atoms with Crippen LogP contribution >= 0.6 is 0 Å². The van der Waals surface area contributed by atoms with Crippen LogP contribution in [0.2, 0.25) is 0 Å². The summed E-state index contributed by atoms with van der Waals surface area (Å²) < 4.78 is 27.8. The Labute approximate surface area is 118 Å². The van der Waals surface area contributed by atoms with Gasteiger partial charge in [0.1, 0.15) is 10.6 Å². The number of carbonyl (C=O) groups excluding carboxylic acids is 1. The van der Waals surface area contributed by atoms with E-state index in [-0.39, 0.29) is 23.2 Å². The first-order valence-corrected chi connectivity index (χ1v) is 7.87. The monoisotopic (exact) mass is 300 g/mol. The molecule has 1 amide bonds. The molecule has 7 nitrogen and oxygen atoms in total. The number of hydrogen-bond donors (Lipinski definition) is 2. The van der Waals surface area contributed by atoms with E-state index in [0.717, 1.165) is 12.8 Å². The van der Waals surface area contributed by atoms with Crippen molar-refractivity contribution in [2.45, 2.75) is 23.8 Å². The van der Waals surface area contributed by atoms with Crippen LogP contribution < -0.4 is 11.5 Å². The van der Waals surface area contributed by atoms with Gasteiger partial charge in [0.15, 0.2) is 0 Å². The van der Waals surface area contributed by atoms with E-state index in [4.69, 9.17) is 11.5 Å². The van der Waals surface area contributed by atoms with E-state index < -0.39 is 15.9 Å². The fourth-order valence-corrected chi connectivity index (χ4v) is 3.88. The lowest BCUT2D eigenvalue weighted by Gasteiger charge is -2.25. The second kappa shape index (κ2) is 5.19. The van der Waals surface area contributed by atoms with Gasteiger partial charge in [-0.3, -0.25) is 4.79 Å². The zero-order valence-electron chi connectivity index (χ0n) is 11.6. The Bertz CT molecular complexity index is 619. The lowest BCUT2D eigenvalue weighted by Crippen LogP contribution is -2.43. The lowest BCUT2D eigenvalue weighted by molar-refractivity contribution is 0.0992. The van der Waals surface area contributed by atoms with E-state index >= 15 is 0 Å². The van der Waals surface area contributed by atoms with Crippen LogP contribution in [0.15, 0.2) is 17.2 Å². The molecule has 8 heteroatoms. The van der Waals surface area contributed by atoms with E-state index in [9.17, 15) is 13.2 Å². The standard InChI is InChI=1S/C12H20N4O3S/c1-15-7-9(5-10(15)12(14)17)20(18,19)16(2)11(6-13)8-3-4-8/h5,7-8,11H,3-4,6,13H2,1-2H3,(H2,14,17). The highest BCUT2D eigenvalue weighted by Crippen LogP contribution is 2.36. The maximum atomic E-state index is 12.6. The molecule has 0 aliphatic heterocycles. The smallest absolute Gasteiger partial charge is 0.265 e. The fourth-order valence-electron chi connectivity index (χ4n) is 2.38. The van der Waals surface area contributed by atoms with Gasteiger partial charge in [-0.1, -0.05) is 0 Å². The molecule has 0 radical (unpaired) electrons. The van der Waals surface area contributed by atoms with Crippen LogP contribution in [-0.2, 0) is 17.1 Å². The number of nitrogens with zero attached hydrogens (tertiary/aromatic N) is 2. The minimum absolute atomic E-state index is 0.0652. The molecule has 2 rings (SSSR count). The normalized spacial score (nSPS) is 17.4. The number of aromatic nitrogens is 1. The van der Waals surface area contributed by atoms with Crippen molar-refractivity contribution in [1.82, 2.24) is 8.87 Å². The Balaban J connectivity index is 2.34. The van der Waals surface area contributed by atoms with Crippen molar-refractivity contribution >= 4 is 15.9 Å². The first-order chi connectivity index (χ1) is 9.28. The maximum Gasteiger partial charge on any atom is 0.265 e. The van der Waals surface area contributed by atoms with Gasteiger partial charge >= 0.3 is 0 Å². The number of likely N-dealkylation sites (N-methyl/N-ethyl adjacent to an activating group) is 1. The van der Waals surface area contributed by atoms with Crippen LogP contribution in [0.1, 0.15) is 23.3 Å². The van der Waals surface area contributed by atoms with Crippen molar-refractivity contribution < 1.29 is 13.2 Å². The van der Waals surface area contributed by atoms with E-state index in [1.54, 1.807) is 7.05 Å². The minimum Gasteiger partial charge on any atom is -0.364 e. The Kier molecular flexibility index (Phi) is 3.90. The molecule has 4 N–H and O–H groups in total. The summed E-state index contributed by atoms with van der Waals surface area (Å²) in [6.45, 7) is 0.288. The first kappa shape index (κ1) is 15.0. The van der Waals surface area contributed by atoms with Crippen molar-refractivity contribution in [2.75, 3.05) is 13.6 Å². The minimum atomic E-state index is -3.67. The van der Waals surface area contributed by atoms with Gasteiger partial charge in [0.25, 0.3) is 5.91 Å². The third kappa shape index (κ3) is 2.58. The zero-order chi connectivity index (χ0) is 15.1. The van der Waals surface area contributed by atoms with Crippen LogP contribution in [-0.4, -0.2) is 42.8 Å². The van der Waals surface area contributed by atoms with Crippen LogP contribution in [0.5, 0.6) is 0 Å². The van der Waals surface area contributed by atoms with Crippen LogP contribution in [0.4, 0.5) is 0 Å². The average molecular weight is 300 g/mol. The lowest BCUT2D eigenvalue weighted by atomic mass is 10.2. The number of sulfonamides is 1. The average Bonchev–Trinajstić information content (AvgIpc) is 3.11. The topological polar surface area (TPSA) is 111 Å². The summed E-state index contributed by atoms with van der Waals surface area (Å²) in [6.07, 6.45) is 3.40. The van der Waals surface area contributed by atoms with Gasteiger partial charge in [-0.15, -0.1) is 0 Å². The van der Waals surface area contributed by atoms with Gasteiger partial charge in [0.05, 0.1) is 0 Å². The van der Waals surface area contributed by atoms with Crippen LogP contribution in [0.3, 0.4) is 0 Å². The van der Waals surface area contributed by atoms with Gasteiger partial charge in [-0.25, -0.2) is 8.42 Å². The highest BCUT2D eigenvalue weighted by molar-refractivity contribution is 7.89. The number of carbonyl (C=O) groups is 1. The predicted molar refractivity (Wildman–Crippen MR) is 74.4 cm³/mol. The molecular weight excluding hydrogens is 280 g/mol. The Hall–Kier alpha value is -1.38. The second-order valence-electron chi connectivity index (χ2n) is 5.20. The second-order valence-corrected chi connectivity index (χ2v) is 7.20. The molecule has 1 fully saturated rings. The van der Waals surface area contributed by atoms with Crippen molar-refractivity contribution in [3.05, 3.63) is 18.0 Å². The summed E-state index contributed by atoms with van der Waals surface area (Å²) in [5.41, 5.74) is 11.1. The molecule has 1 aromatic rings. The van der Waals surface area contributed by atoms with Crippen molar-refractivity contribution in [2.24, 2.45) is 24.4 Å². The number of amides is 1. The number of aryl methyl sites for hydroxylation is 1. The van der Waals surface area contributed by atoms with Gasteiger partial charge in [-0.2, -0.15) is 4.31 Å². The zero-order valence-corrected chi connectivity index (χ0v) is 12.4. The third-order valence-corrected chi connectivity index (χ3v) is 5.63. The summed E-state index contributed by atoms with van der Waals surface area (Å²) in [4.78, 5) is 11.3. The molecule has 0 bridgehead atoms. The first-order valence-electron chi connectivity index (χ1n) is 6.43. The summed E-state index contributed by atoms with van der Waals surface area (Å²) in [6, 6.07) is 1.10. The molecule has 0 saturated heterocycles. The van der Waals surface area contributed by atoms with Gasteiger partial charge in [0, 0.05) is 32.9 Å². The number of primary amides is 1. The molecule has 1 atom stereocenters. The molecule has 112 valence electrons. The SMILES string of the molecule is CN(C(CN)C1CC1)S(=O)(=O)c1cc(C(N)=O)n(C)c1. The molecule has 0 spiro atoms. The van der Waals surface area contributed by atoms with E-state index in [0.29, 0.717) is 5.92 Å². The molecule has 1 saturated carbocycles. The molecule has 1 aromatic heterocycles. The number of hydrogen-bond acceptors (Lipinski definition) is 4. The molecule has 0 aromatic carbocycles. The van der Waals surface area contributed by atoms with Crippen molar-refractivity contribution in [3.8, 4) is 0 Å². The van der Waals surface area contributed by atoms with E-state index in [1.807, 2.05) is 0 Å². The maximum absolute atomic E-state index is 12.6. The van der Waals surface area contributed by atoms with Gasteiger partial charge in [0.2, 0.25) is 10.0 Å². The van der Waals surface area contributed by atoms with Crippen molar-refractivity contribution in [3.63, 3.8) is 0 Å².